The van der Waals surface area contributed by atoms with Gasteiger partial charge in [0.05, 0.1) is 15.1 Å². The molecule has 0 unspecified atom stereocenters. The molecule has 0 amide bonds. The van der Waals surface area contributed by atoms with Crippen molar-refractivity contribution in [2.24, 2.45) is 0 Å². The fourth-order valence-electron chi connectivity index (χ4n) is 4.30. The second-order valence-corrected chi connectivity index (χ2v) is 8.14. The molecule has 152 valence electrons. The van der Waals surface area contributed by atoms with Gasteiger partial charge in [0.15, 0.2) is 0 Å². The van der Waals surface area contributed by atoms with Crippen LogP contribution < -0.4 is 0 Å². The van der Waals surface area contributed by atoms with Crippen molar-refractivity contribution >= 4 is 33.4 Å². The van der Waals surface area contributed by atoms with Gasteiger partial charge in [-0.05, 0) is 58.6 Å². The summed E-state index contributed by atoms with van der Waals surface area (Å²) < 4.78 is 27.8. The smallest absolute Gasteiger partial charge is 0.0646 e. The maximum Gasteiger partial charge on any atom is 0.0646 e. The summed E-state index contributed by atoms with van der Waals surface area (Å²) >= 11 is 6.33. The molecule has 0 saturated heterocycles. The minimum atomic E-state index is -0.127. The fourth-order valence-corrected chi connectivity index (χ4v) is 4.44. The van der Waals surface area contributed by atoms with Crippen LogP contribution in [0.4, 0.5) is 0 Å². The summed E-state index contributed by atoms with van der Waals surface area (Å²) in [7, 11) is 0. The Balaban J connectivity index is 1.67. The van der Waals surface area contributed by atoms with Crippen molar-refractivity contribution in [2.45, 2.75) is 0 Å². The molecule has 6 rings (SSSR count). The number of hydrogen-bond donors (Lipinski definition) is 0. The van der Waals surface area contributed by atoms with E-state index in [4.69, 9.17) is 15.7 Å². The Morgan fingerprint density at radius 2 is 1.16 bits per heavy atom. The van der Waals surface area contributed by atoms with E-state index in [0.29, 0.717) is 10.9 Å². The Labute approximate surface area is 196 Å². The summed E-state index contributed by atoms with van der Waals surface area (Å²) in [5.74, 6) is 0. The van der Waals surface area contributed by atoms with E-state index < -0.39 is 0 Å². The standard InChI is InChI=1S/C30H20ClN/c31-25-14-18-29-28(20-25)27-17-13-24(22-9-5-2-6-10-22)19-30(27)32(29)26-15-11-23(12-16-26)21-7-3-1-4-8-21/h1-20H/i14D,18D,20D. The van der Waals surface area contributed by atoms with Gasteiger partial charge in [-0.2, -0.15) is 0 Å². The Hall–Kier alpha value is -3.81. The van der Waals surface area contributed by atoms with E-state index in [1.54, 1.807) is 0 Å². The van der Waals surface area contributed by atoms with Crippen molar-refractivity contribution in [1.29, 1.82) is 0 Å². The predicted octanol–water partition coefficient (Wildman–Crippen LogP) is 8.77. The Kier molecular flexibility index (Phi) is 3.83. The first-order valence-electron chi connectivity index (χ1n) is 12.0. The Morgan fingerprint density at radius 1 is 0.562 bits per heavy atom. The van der Waals surface area contributed by atoms with E-state index in [1.807, 2.05) is 65.2 Å². The van der Waals surface area contributed by atoms with E-state index in [9.17, 15) is 0 Å². The molecule has 6 aromatic rings. The maximum atomic E-state index is 8.77. The Bertz CT molecular complexity index is 1710. The average molecular weight is 433 g/mol. The number of rotatable bonds is 3. The summed E-state index contributed by atoms with van der Waals surface area (Å²) in [5, 5.41) is 1.44. The molecule has 0 bridgehead atoms. The van der Waals surface area contributed by atoms with Gasteiger partial charge >= 0.3 is 0 Å². The zero-order valence-corrected chi connectivity index (χ0v) is 17.9. The van der Waals surface area contributed by atoms with Gasteiger partial charge in [0.1, 0.15) is 0 Å². The third-order valence-corrected chi connectivity index (χ3v) is 6.02. The molecule has 0 aliphatic carbocycles. The molecule has 0 spiro atoms. The van der Waals surface area contributed by atoms with Gasteiger partial charge in [0.25, 0.3) is 0 Å². The second-order valence-electron chi connectivity index (χ2n) is 7.76. The lowest BCUT2D eigenvalue weighted by Crippen LogP contribution is -1.94. The van der Waals surface area contributed by atoms with Crippen molar-refractivity contribution in [3.8, 4) is 27.9 Å². The molecule has 0 atom stereocenters. The molecule has 1 heterocycles. The number of nitrogens with zero attached hydrogens (tertiary/aromatic N) is 1. The molecular weight excluding hydrogens is 410 g/mol. The van der Waals surface area contributed by atoms with Gasteiger partial charge in [-0.25, -0.2) is 0 Å². The van der Waals surface area contributed by atoms with Crippen LogP contribution in [0, 0.1) is 0 Å². The minimum Gasteiger partial charge on any atom is -0.309 e. The van der Waals surface area contributed by atoms with E-state index in [0.717, 1.165) is 38.8 Å². The monoisotopic (exact) mass is 432 g/mol. The highest BCUT2D eigenvalue weighted by Crippen LogP contribution is 2.36. The molecule has 1 nitrogen and oxygen atoms in total. The van der Waals surface area contributed by atoms with Crippen LogP contribution in [-0.4, -0.2) is 4.57 Å². The molecule has 5 aromatic carbocycles. The van der Waals surface area contributed by atoms with Crippen LogP contribution >= 0.6 is 11.6 Å². The topological polar surface area (TPSA) is 4.93 Å². The summed E-state index contributed by atoms with van der Waals surface area (Å²) in [6.45, 7) is 0. The maximum absolute atomic E-state index is 8.77. The van der Waals surface area contributed by atoms with Crippen molar-refractivity contribution in [3.63, 3.8) is 0 Å². The molecule has 0 radical (unpaired) electrons. The predicted molar refractivity (Wildman–Crippen MR) is 137 cm³/mol. The van der Waals surface area contributed by atoms with Crippen molar-refractivity contribution < 1.29 is 4.11 Å². The zero-order chi connectivity index (χ0) is 24.1. The number of benzene rings is 5. The highest BCUT2D eigenvalue weighted by Gasteiger charge is 2.14. The quantitative estimate of drug-likeness (QED) is 0.263. The van der Waals surface area contributed by atoms with Crippen LogP contribution in [0.15, 0.2) is 121 Å². The van der Waals surface area contributed by atoms with E-state index in [2.05, 4.69) is 42.5 Å². The summed E-state index contributed by atoms with van der Waals surface area (Å²) in [6.07, 6.45) is 0. The van der Waals surface area contributed by atoms with Crippen LogP contribution in [0.25, 0.3) is 49.7 Å². The normalized spacial score (nSPS) is 12.6. The second kappa shape index (κ2) is 7.71. The van der Waals surface area contributed by atoms with Gasteiger partial charge < -0.3 is 4.57 Å². The molecule has 0 N–H and O–H groups in total. The van der Waals surface area contributed by atoms with Gasteiger partial charge in [0, 0.05) is 21.5 Å². The largest absolute Gasteiger partial charge is 0.309 e. The van der Waals surface area contributed by atoms with E-state index in [1.165, 1.54) is 0 Å². The Morgan fingerprint density at radius 3 is 1.84 bits per heavy atom. The summed E-state index contributed by atoms with van der Waals surface area (Å²) in [6, 6.07) is 34.6. The molecule has 1 aromatic heterocycles. The third-order valence-electron chi connectivity index (χ3n) is 5.83. The van der Waals surface area contributed by atoms with E-state index in [-0.39, 0.29) is 23.1 Å². The highest BCUT2D eigenvalue weighted by atomic mass is 35.5. The van der Waals surface area contributed by atoms with Gasteiger partial charge in [-0.3, -0.25) is 0 Å². The van der Waals surface area contributed by atoms with Gasteiger partial charge in [0.2, 0.25) is 0 Å². The van der Waals surface area contributed by atoms with Gasteiger partial charge in [-0.1, -0.05) is 96.5 Å². The van der Waals surface area contributed by atoms with Gasteiger partial charge in [-0.15, -0.1) is 0 Å². The lowest BCUT2D eigenvalue weighted by atomic mass is 10.0. The number of hydrogen-bond acceptors (Lipinski definition) is 0. The summed E-state index contributed by atoms with van der Waals surface area (Å²) in [5.41, 5.74) is 6.61. The number of aromatic nitrogens is 1. The third kappa shape index (κ3) is 3.19. The van der Waals surface area contributed by atoms with Crippen LogP contribution in [0.1, 0.15) is 4.11 Å². The average Bonchev–Trinajstić information content (AvgIpc) is 3.26. The van der Waals surface area contributed by atoms with E-state index >= 15 is 0 Å². The highest BCUT2D eigenvalue weighted by molar-refractivity contribution is 6.32. The number of fused-ring (bicyclic) bond motifs is 3. The zero-order valence-electron chi connectivity index (χ0n) is 20.1. The summed E-state index contributed by atoms with van der Waals surface area (Å²) in [4.78, 5) is 0. The first kappa shape index (κ1) is 15.9. The van der Waals surface area contributed by atoms with Crippen molar-refractivity contribution in [1.82, 2.24) is 4.57 Å². The van der Waals surface area contributed by atoms with Crippen LogP contribution in [0.3, 0.4) is 0 Å². The molecule has 0 aliphatic heterocycles. The van der Waals surface area contributed by atoms with Crippen molar-refractivity contribution in [2.75, 3.05) is 0 Å². The molecule has 0 saturated carbocycles. The minimum absolute atomic E-state index is 0.00751. The molecule has 0 aliphatic rings. The molecular formula is C30H20ClN. The van der Waals surface area contributed by atoms with Crippen molar-refractivity contribution in [3.05, 3.63) is 126 Å². The molecule has 0 fully saturated rings. The fraction of sp³-hybridized carbons (Fsp3) is 0. The van der Waals surface area contributed by atoms with Crippen LogP contribution in [0.2, 0.25) is 5.02 Å². The number of halogens is 1. The first-order chi connectivity index (χ1) is 17.0. The molecule has 2 heteroatoms. The SMILES string of the molecule is [2H]c1c(Cl)c([2H])c2c3ccc(-c4ccccc4)cc3n(-c3ccc(-c4ccccc4)cc3)c2c1[2H]. The molecule has 32 heavy (non-hydrogen) atoms. The first-order valence-corrected chi connectivity index (χ1v) is 10.9. The lowest BCUT2D eigenvalue weighted by Gasteiger charge is -2.10. The lowest BCUT2D eigenvalue weighted by molar-refractivity contribution is 1.18. The van der Waals surface area contributed by atoms with Crippen LogP contribution in [0.5, 0.6) is 0 Å². The van der Waals surface area contributed by atoms with Crippen LogP contribution in [-0.2, 0) is 0 Å².